The molecule has 0 spiro atoms. The van der Waals surface area contributed by atoms with Crippen LogP contribution in [-0.4, -0.2) is 26.6 Å². The lowest BCUT2D eigenvalue weighted by atomic mass is 10.0. The molecule has 3 aromatic heterocycles. The summed E-state index contributed by atoms with van der Waals surface area (Å²) in [6, 6.07) is 12.3. The topological polar surface area (TPSA) is 89.9 Å². The fourth-order valence-corrected chi connectivity index (χ4v) is 3.44. The van der Waals surface area contributed by atoms with E-state index in [9.17, 15) is 9.59 Å². The van der Waals surface area contributed by atoms with E-state index in [1.165, 1.54) is 17.7 Å². The average Bonchev–Trinajstić information content (AvgIpc) is 2.75. The number of H-pyrrole nitrogens is 1. The highest BCUT2D eigenvalue weighted by Crippen LogP contribution is 2.31. The largest absolute Gasteiger partial charge is 0.482 e. The van der Waals surface area contributed by atoms with Crippen LogP contribution in [0.25, 0.3) is 33.7 Å². The van der Waals surface area contributed by atoms with E-state index in [1.807, 2.05) is 44.2 Å². The van der Waals surface area contributed by atoms with Crippen molar-refractivity contribution in [1.82, 2.24) is 19.5 Å². The summed E-state index contributed by atoms with van der Waals surface area (Å²) < 4.78 is 6.69. The first kappa shape index (κ1) is 19.8. The molecule has 0 radical (unpaired) electrons. The Hall–Kier alpha value is -3.45. The number of fused-ring (bicyclic) bond motifs is 1. The molecule has 1 aromatic carbocycles. The fourth-order valence-electron chi connectivity index (χ4n) is 3.22. The monoisotopic (exact) mass is 422 g/mol. The van der Waals surface area contributed by atoms with Gasteiger partial charge in [0.1, 0.15) is 5.02 Å². The fraction of sp³-hybridized carbons (Fsp3) is 0.182. The molecule has 1 N–H and O–H groups in total. The molecular weight excluding hydrogens is 404 g/mol. The van der Waals surface area contributed by atoms with Crippen molar-refractivity contribution >= 4 is 22.8 Å². The van der Waals surface area contributed by atoms with Gasteiger partial charge in [-0.1, -0.05) is 41.9 Å². The number of aromatic amines is 1. The molecule has 0 bridgehead atoms. The summed E-state index contributed by atoms with van der Waals surface area (Å²) in [5.41, 5.74) is 2.29. The van der Waals surface area contributed by atoms with Crippen LogP contribution in [0.5, 0.6) is 5.88 Å². The summed E-state index contributed by atoms with van der Waals surface area (Å²) in [6.07, 6.45) is 1.69. The summed E-state index contributed by atoms with van der Waals surface area (Å²) in [4.78, 5) is 37.3. The van der Waals surface area contributed by atoms with Gasteiger partial charge in [0.2, 0.25) is 5.43 Å². The van der Waals surface area contributed by atoms with Gasteiger partial charge in [0.25, 0.3) is 5.56 Å². The molecule has 0 saturated heterocycles. The van der Waals surface area contributed by atoms with E-state index in [1.54, 1.807) is 12.3 Å². The van der Waals surface area contributed by atoms with E-state index in [0.717, 1.165) is 5.56 Å². The van der Waals surface area contributed by atoms with Crippen LogP contribution in [0.3, 0.4) is 0 Å². The average molecular weight is 423 g/mol. The van der Waals surface area contributed by atoms with Gasteiger partial charge in [-0.2, -0.15) is 0 Å². The highest BCUT2D eigenvalue weighted by Gasteiger charge is 2.18. The Labute approximate surface area is 177 Å². The van der Waals surface area contributed by atoms with Crippen molar-refractivity contribution in [1.29, 1.82) is 0 Å². The van der Waals surface area contributed by atoms with Crippen LogP contribution in [-0.2, 0) is 0 Å². The van der Waals surface area contributed by atoms with E-state index in [0.29, 0.717) is 28.5 Å². The third-order valence-electron chi connectivity index (χ3n) is 4.73. The number of pyridine rings is 2. The first-order valence-corrected chi connectivity index (χ1v) is 9.73. The van der Waals surface area contributed by atoms with Gasteiger partial charge < -0.3 is 14.3 Å². The molecule has 3 heterocycles. The molecule has 0 amide bonds. The van der Waals surface area contributed by atoms with Gasteiger partial charge in [-0.15, -0.1) is 0 Å². The van der Waals surface area contributed by atoms with Crippen LogP contribution in [0.1, 0.15) is 19.9 Å². The Balaban J connectivity index is 2.10. The number of ether oxygens (including phenoxy) is 1. The molecule has 4 aromatic rings. The van der Waals surface area contributed by atoms with Crippen LogP contribution >= 0.6 is 11.6 Å². The normalized spacial score (nSPS) is 11.2. The molecule has 8 heteroatoms. The van der Waals surface area contributed by atoms with Crippen molar-refractivity contribution < 1.29 is 4.74 Å². The predicted octanol–water partition coefficient (Wildman–Crippen LogP) is 4.06. The molecule has 0 aliphatic rings. The van der Waals surface area contributed by atoms with Crippen LogP contribution in [0, 0.1) is 0 Å². The summed E-state index contributed by atoms with van der Waals surface area (Å²) in [5.74, 6) is 0.296. The lowest BCUT2D eigenvalue weighted by molar-refractivity contribution is 0.399. The molecule has 0 atom stereocenters. The Morgan fingerprint density at radius 1 is 1.03 bits per heavy atom. The molecule has 0 aliphatic carbocycles. The van der Waals surface area contributed by atoms with E-state index in [2.05, 4.69) is 15.0 Å². The second kappa shape index (κ2) is 7.76. The molecule has 152 valence electrons. The molecule has 0 saturated carbocycles. The van der Waals surface area contributed by atoms with Crippen molar-refractivity contribution in [3.05, 3.63) is 74.3 Å². The first-order chi connectivity index (χ1) is 14.4. The number of hydrogen-bond acceptors (Lipinski definition) is 5. The van der Waals surface area contributed by atoms with Crippen molar-refractivity contribution in [2.75, 3.05) is 7.11 Å². The number of nitrogens with zero attached hydrogens (tertiary/aromatic N) is 3. The lowest BCUT2D eigenvalue weighted by Gasteiger charge is -2.15. The number of halogens is 1. The number of aromatic nitrogens is 4. The van der Waals surface area contributed by atoms with Crippen molar-refractivity contribution in [3.63, 3.8) is 0 Å². The number of methoxy groups -OCH3 is 1. The summed E-state index contributed by atoms with van der Waals surface area (Å²) in [5, 5.41) is 0.0748. The molecule has 0 aliphatic heterocycles. The standard InChI is InChI=1S/C22H19ClN4O3/c1-12(2)27-11-14(9-15(23)22(27)29)19-18(13-7-5-4-6-8-13)26-21-20(25-19)16(28)10-17(24-21)30-3/h4-12H,1-3H3,(H,24,26,28). The predicted molar refractivity (Wildman–Crippen MR) is 117 cm³/mol. The van der Waals surface area contributed by atoms with Gasteiger partial charge in [0.05, 0.1) is 18.5 Å². The van der Waals surface area contributed by atoms with Crippen LogP contribution in [0.4, 0.5) is 0 Å². The second-order valence-electron chi connectivity index (χ2n) is 7.07. The van der Waals surface area contributed by atoms with Crippen molar-refractivity contribution in [3.8, 4) is 28.4 Å². The smallest absolute Gasteiger partial charge is 0.269 e. The van der Waals surface area contributed by atoms with Crippen molar-refractivity contribution in [2.24, 2.45) is 0 Å². The van der Waals surface area contributed by atoms with Gasteiger partial charge in [0.15, 0.2) is 17.0 Å². The Bertz CT molecular complexity index is 1360. The van der Waals surface area contributed by atoms with E-state index < -0.39 is 0 Å². The maximum atomic E-state index is 12.6. The highest BCUT2D eigenvalue weighted by atomic mass is 35.5. The summed E-state index contributed by atoms with van der Waals surface area (Å²) in [6.45, 7) is 3.78. The lowest BCUT2D eigenvalue weighted by Crippen LogP contribution is -2.22. The molecule has 0 fully saturated rings. The van der Waals surface area contributed by atoms with Crippen LogP contribution in [0.2, 0.25) is 5.02 Å². The number of rotatable bonds is 4. The van der Waals surface area contributed by atoms with Crippen LogP contribution < -0.4 is 15.7 Å². The molecule has 0 unspecified atom stereocenters. The Morgan fingerprint density at radius 2 is 1.73 bits per heavy atom. The van der Waals surface area contributed by atoms with Gasteiger partial charge in [-0.25, -0.2) is 9.97 Å². The van der Waals surface area contributed by atoms with Gasteiger partial charge >= 0.3 is 0 Å². The molecule has 7 nitrogen and oxygen atoms in total. The minimum absolute atomic E-state index is 0.0748. The van der Waals surface area contributed by atoms with Crippen LogP contribution in [0.15, 0.2) is 58.3 Å². The van der Waals surface area contributed by atoms with E-state index in [4.69, 9.17) is 16.3 Å². The maximum Gasteiger partial charge on any atom is 0.269 e. The zero-order valence-electron chi connectivity index (χ0n) is 16.6. The number of benzene rings is 1. The number of hydrogen-bond donors (Lipinski definition) is 1. The molecular formula is C22H19ClN4O3. The summed E-state index contributed by atoms with van der Waals surface area (Å²) in [7, 11) is 1.47. The van der Waals surface area contributed by atoms with Gasteiger partial charge in [-0.05, 0) is 19.9 Å². The Morgan fingerprint density at radius 3 is 2.40 bits per heavy atom. The number of nitrogens with one attached hydrogen (secondary N) is 1. The zero-order valence-corrected chi connectivity index (χ0v) is 17.4. The third-order valence-corrected chi connectivity index (χ3v) is 5.00. The van der Waals surface area contributed by atoms with Crippen molar-refractivity contribution in [2.45, 2.75) is 19.9 Å². The summed E-state index contributed by atoms with van der Waals surface area (Å²) >= 11 is 6.23. The highest BCUT2D eigenvalue weighted by molar-refractivity contribution is 6.30. The van der Waals surface area contributed by atoms with E-state index >= 15 is 0 Å². The van der Waals surface area contributed by atoms with E-state index in [-0.39, 0.29) is 27.6 Å². The first-order valence-electron chi connectivity index (χ1n) is 9.35. The Kier molecular flexibility index (Phi) is 5.13. The quantitative estimate of drug-likeness (QED) is 0.535. The zero-order chi connectivity index (χ0) is 21.4. The SMILES string of the molecule is COc1cc(=O)c2nc(-c3cc(Cl)c(=O)n(C(C)C)c3)c(-c3ccccc3)nc2[nH]1. The molecule has 4 rings (SSSR count). The minimum Gasteiger partial charge on any atom is -0.482 e. The second-order valence-corrected chi connectivity index (χ2v) is 7.48. The van der Waals surface area contributed by atoms with Gasteiger partial charge in [0, 0.05) is 29.4 Å². The van der Waals surface area contributed by atoms with Gasteiger partial charge in [-0.3, -0.25) is 9.59 Å². The maximum absolute atomic E-state index is 12.6. The third kappa shape index (κ3) is 3.48. The minimum atomic E-state index is -0.322. The molecule has 30 heavy (non-hydrogen) atoms.